The summed E-state index contributed by atoms with van der Waals surface area (Å²) in [5.41, 5.74) is 4.35. The van der Waals surface area contributed by atoms with Gasteiger partial charge < -0.3 is 5.32 Å². The molecule has 1 aliphatic rings. The predicted octanol–water partition coefficient (Wildman–Crippen LogP) is 4.66. The molecule has 1 N–H and O–H groups in total. The van der Waals surface area contributed by atoms with Crippen molar-refractivity contribution in [3.63, 3.8) is 0 Å². The third-order valence-corrected chi connectivity index (χ3v) is 4.96. The fourth-order valence-electron chi connectivity index (χ4n) is 3.08. The van der Waals surface area contributed by atoms with Crippen LogP contribution in [0.5, 0.6) is 0 Å². The van der Waals surface area contributed by atoms with E-state index in [1.165, 1.54) is 34.0 Å². The Bertz CT molecular complexity index is 579. The summed E-state index contributed by atoms with van der Waals surface area (Å²) in [4.78, 5) is 0. The van der Waals surface area contributed by atoms with Crippen LogP contribution in [-0.4, -0.2) is 6.04 Å². The maximum Gasteiger partial charge on any atom is 0.0294 e. The van der Waals surface area contributed by atoms with Crippen molar-refractivity contribution in [1.29, 1.82) is 0 Å². The quantitative estimate of drug-likeness (QED) is 0.863. The molecule has 20 heavy (non-hydrogen) atoms. The SMILES string of the molecule is C[C@H](NC1CCc2cccc(Br)c2C1)c1ccccc1. The number of hydrogen-bond donors (Lipinski definition) is 1. The summed E-state index contributed by atoms with van der Waals surface area (Å²) in [6, 6.07) is 18.2. The highest BCUT2D eigenvalue weighted by atomic mass is 79.9. The highest BCUT2D eigenvalue weighted by Crippen LogP contribution is 2.29. The number of hydrogen-bond acceptors (Lipinski definition) is 1. The Balaban J connectivity index is 1.70. The maximum atomic E-state index is 3.78. The monoisotopic (exact) mass is 329 g/mol. The van der Waals surface area contributed by atoms with Gasteiger partial charge in [0.1, 0.15) is 0 Å². The summed E-state index contributed by atoms with van der Waals surface area (Å²) >= 11 is 3.69. The first-order valence-electron chi connectivity index (χ1n) is 7.31. The molecule has 1 nitrogen and oxygen atoms in total. The minimum atomic E-state index is 0.408. The van der Waals surface area contributed by atoms with Crippen LogP contribution in [-0.2, 0) is 12.8 Å². The van der Waals surface area contributed by atoms with Gasteiger partial charge in [-0.15, -0.1) is 0 Å². The van der Waals surface area contributed by atoms with Gasteiger partial charge in [-0.1, -0.05) is 58.4 Å². The van der Waals surface area contributed by atoms with Crippen LogP contribution in [0, 0.1) is 0 Å². The molecular weight excluding hydrogens is 310 g/mol. The van der Waals surface area contributed by atoms with E-state index in [2.05, 4.69) is 76.7 Å². The average Bonchev–Trinajstić information content (AvgIpc) is 2.49. The lowest BCUT2D eigenvalue weighted by Crippen LogP contribution is -2.36. The lowest BCUT2D eigenvalue weighted by Gasteiger charge is -2.29. The van der Waals surface area contributed by atoms with E-state index >= 15 is 0 Å². The van der Waals surface area contributed by atoms with Crippen LogP contribution < -0.4 is 5.32 Å². The van der Waals surface area contributed by atoms with E-state index in [-0.39, 0.29) is 0 Å². The topological polar surface area (TPSA) is 12.0 Å². The fraction of sp³-hybridized carbons (Fsp3) is 0.333. The third kappa shape index (κ3) is 2.97. The maximum absolute atomic E-state index is 3.78. The number of aryl methyl sites for hydroxylation is 1. The largest absolute Gasteiger partial charge is 0.307 e. The van der Waals surface area contributed by atoms with Gasteiger partial charge in [0.2, 0.25) is 0 Å². The summed E-state index contributed by atoms with van der Waals surface area (Å²) in [5.74, 6) is 0. The Hall–Kier alpha value is -1.12. The highest BCUT2D eigenvalue weighted by Gasteiger charge is 2.21. The molecular formula is C18H20BrN. The van der Waals surface area contributed by atoms with Crippen molar-refractivity contribution in [2.75, 3.05) is 0 Å². The van der Waals surface area contributed by atoms with E-state index in [1.807, 2.05) is 0 Å². The van der Waals surface area contributed by atoms with E-state index in [0.29, 0.717) is 12.1 Å². The zero-order valence-electron chi connectivity index (χ0n) is 11.8. The zero-order chi connectivity index (χ0) is 13.9. The second-order valence-electron chi connectivity index (χ2n) is 5.62. The number of nitrogens with one attached hydrogen (secondary N) is 1. The fourth-order valence-corrected chi connectivity index (χ4v) is 3.65. The Morgan fingerprint density at radius 2 is 1.90 bits per heavy atom. The molecule has 0 fully saturated rings. The molecule has 0 spiro atoms. The van der Waals surface area contributed by atoms with Crippen LogP contribution in [0.1, 0.15) is 36.1 Å². The van der Waals surface area contributed by atoms with Crippen LogP contribution in [0.3, 0.4) is 0 Å². The second-order valence-corrected chi connectivity index (χ2v) is 6.47. The van der Waals surface area contributed by atoms with Crippen LogP contribution in [0.15, 0.2) is 53.0 Å². The van der Waals surface area contributed by atoms with Crippen LogP contribution >= 0.6 is 15.9 Å². The Morgan fingerprint density at radius 3 is 2.70 bits per heavy atom. The zero-order valence-corrected chi connectivity index (χ0v) is 13.4. The average molecular weight is 330 g/mol. The lowest BCUT2D eigenvalue weighted by molar-refractivity contribution is 0.413. The Labute approximate surface area is 129 Å². The summed E-state index contributed by atoms with van der Waals surface area (Å²) < 4.78 is 1.26. The van der Waals surface area contributed by atoms with Gasteiger partial charge in [0.15, 0.2) is 0 Å². The smallest absolute Gasteiger partial charge is 0.0294 e. The summed E-state index contributed by atoms with van der Waals surface area (Å²) in [6.07, 6.45) is 3.52. The highest BCUT2D eigenvalue weighted by molar-refractivity contribution is 9.10. The number of halogens is 1. The molecule has 3 rings (SSSR count). The Morgan fingerprint density at radius 1 is 1.10 bits per heavy atom. The molecule has 2 aromatic rings. The van der Waals surface area contributed by atoms with Crippen molar-refractivity contribution in [3.05, 3.63) is 69.7 Å². The van der Waals surface area contributed by atoms with E-state index in [4.69, 9.17) is 0 Å². The first kappa shape index (κ1) is 13.8. The van der Waals surface area contributed by atoms with Gasteiger partial charge in [-0.2, -0.15) is 0 Å². The number of benzene rings is 2. The van der Waals surface area contributed by atoms with E-state index in [1.54, 1.807) is 0 Å². The Kier molecular flexibility index (Phi) is 4.23. The van der Waals surface area contributed by atoms with Crippen LogP contribution in [0.25, 0.3) is 0 Å². The summed E-state index contributed by atoms with van der Waals surface area (Å²) in [5, 5.41) is 3.78. The molecule has 2 atom stereocenters. The molecule has 0 saturated heterocycles. The van der Waals surface area contributed by atoms with Crippen LogP contribution in [0.4, 0.5) is 0 Å². The van der Waals surface area contributed by atoms with Gasteiger partial charge in [-0.05, 0) is 48.9 Å². The predicted molar refractivity (Wildman–Crippen MR) is 87.9 cm³/mol. The first-order chi connectivity index (χ1) is 9.74. The molecule has 0 amide bonds. The molecule has 2 heteroatoms. The molecule has 0 aromatic heterocycles. The standard InChI is InChI=1S/C18H20BrN/c1-13(14-6-3-2-4-7-14)20-16-11-10-15-8-5-9-18(19)17(15)12-16/h2-9,13,16,20H,10-12H2,1H3/t13-,16?/m0/s1. The molecule has 1 aliphatic carbocycles. The molecule has 0 radical (unpaired) electrons. The van der Waals surface area contributed by atoms with Crippen molar-refractivity contribution in [2.45, 2.75) is 38.3 Å². The van der Waals surface area contributed by atoms with Crippen molar-refractivity contribution in [2.24, 2.45) is 0 Å². The van der Waals surface area contributed by atoms with Gasteiger partial charge in [0, 0.05) is 16.6 Å². The molecule has 2 aromatic carbocycles. The minimum absolute atomic E-state index is 0.408. The van der Waals surface area contributed by atoms with E-state index in [9.17, 15) is 0 Å². The van der Waals surface area contributed by atoms with E-state index < -0.39 is 0 Å². The van der Waals surface area contributed by atoms with Crippen molar-refractivity contribution < 1.29 is 0 Å². The van der Waals surface area contributed by atoms with Gasteiger partial charge in [0.05, 0.1) is 0 Å². The number of fused-ring (bicyclic) bond motifs is 1. The molecule has 0 saturated carbocycles. The molecule has 0 aliphatic heterocycles. The van der Waals surface area contributed by atoms with Crippen molar-refractivity contribution in [3.8, 4) is 0 Å². The van der Waals surface area contributed by atoms with Gasteiger partial charge >= 0.3 is 0 Å². The lowest BCUT2D eigenvalue weighted by atomic mass is 9.88. The first-order valence-corrected chi connectivity index (χ1v) is 8.10. The number of rotatable bonds is 3. The minimum Gasteiger partial charge on any atom is -0.307 e. The molecule has 0 bridgehead atoms. The van der Waals surface area contributed by atoms with E-state index in [0.717, 1.165) is 6.42 Å². The van der Waals surface area contributed by atoms with Crippen molar-refractivity contribution in [1.82, 2.24) is 5.32 Å². The van der Waals surface area contributed by atoms with Gasteiger partial charge in [0.25, 0.3) is 0 Å². The third-order valence-electron chi connectivity index (χ3n) is 4.21. The summed E-state index contributed by atoms with van der Waals surface area (Å²) in [6.45, 7) is 2.25. The van der Waals surface area contributed by atoms with Gasteiger partial charge in [-0.25, -0.2) is 0 Å². The second kappa shape index (κ2) is 6.11. The van der Waals surface area contributed by atoms with Crippen LogP contribution in [0.2, 0.25) is 0 Å². The van der Waals surface area contributed by atoms with Gasteiger partial charge in [-0.3, -0.25) is 0 Å². The molecule has 104 valence electrons. The molecule has 1 unspecified atom stereocenters. The molecule has 0 heterocycles. The normalized spacial score (nSPS) is 19.4. The summed E-state index contributed by atoms with van der Waals surface area (Å²) in [7, 11) is 0. The van der Waals surface area contributed by atoms with Crippen molar-refractivity contribution >= 4 is 15.9 Å².